The molecule has 2 atom stereocenters. The van der Waals surface area contributed by atoms with Gasteiger partial charge >= 0.3 is 18.1 Å². The molecule has 4 nitrogen and oxygen atoms in total. The molecule has 0 aromatic carbocycles. The van der Waals surface area contributed by atoms with Gasteiger partial charge in [-0.3, -0.25) is 4.79 Å². The van der Waals surface area contributed by atoms with Crippen molar-refractivity contribution in [2.24, 2.45) is 5.41 Å². The van der Waals surface area contributed by atoms with Crippen molar-refractivity contribution in [3.8, 4) is 0 Å². The minimum atomic E-state index is -5.16. The lowest BCUT2D eigenvalue weighted by atomic mass is 9.81. The number of ether oxygens (including phenoxy) is 1. The fourth-order valence-corrected chi connectivity index (χ4v) is 3.06. The summed E-state index contributed by atoms with van der Waals surface area (Å²) in [4.78, 5) is 22.8. The number of alkyl halides is 3. The van der Waals surface area contributed by atoms with Crippen LogP contribution in [0.5, 0.6) is 0 Å². The first-order valence-corrected chi connectivity index (χ1v) is 6.92. The number of carbonyl (C=O) groups excluding carboxylic acids is 2. The number of nitrogens with one attached hydrogen (secondary N) is 1. The Morgan fingerprint density at radius 2 is 2.10 bits per heavy atom. The molecule has 0 aromatic rings. The minimum Gasteiger partial charge on any atom is -0.386 e. The molecule has 116 valence electrons. The van der Waals surface area contributed by atoms with Crippen LogP contribution in [0.3, 0.4) is 0 Å². The van der Waals surface area contributed by atoms with E-state index in [0.717, 1.165) is 0 Å². The number of hydrogen-bond donors (Lipinski definition) is 2. The van der Waals surface area contributed by atoms with E-state index in [1.807, 2.05) is 0 Å². The van der Waals surface area contributed by atoms with Crippen molar-refractivity contribution in [1.29, 1.82) is 0 Å². The second-order valence-corrected chi connectivity index (χ2v) is 5.57. The molecule has 1 rings (SSSR count). The summed E-state index contributed by atoms with van der Waals surface area (Å²) in [5.41, 5.74) is -1.10. The zero-order valence-corrected chi connectivity index (χ0v) is 12.0. The van der Waals surface area contributed by atoms with Gasteiger partial charge in [0.25, 0.3) is 0 Å². The Morgan fingerprint density at radius 1 is 1.45 bits per heavy atom. The molecule has 1 aliphatic carbocycles. The Morgan fingerprint density at radius 3 is 2.55 bits per heavy atom. The molecular weight excluding hydrogens is 295 g/mol. The van der Waals surface area contributed by atoms with Gasteiger partial charge in [-0.25, -0.2) is 4.79 Å². The summed E-state index contributed by atoms with van der Waals surface area (Å²) in [6.07, 6.45) is -2.50. The second-order valence-electron chi connectivity index (χ2n) is 4.95. The van der Waals surface area contributed by atoms with Crippen LogP contribution >= 0.6 is 12.6 Å². The van der Waals surface area contributed by atoms with Crippen LogP contribution in [0.4, 0.5) is 13.2 Å². The van der Waals surface area contributed by atoms with Gasteiger partial charge in [0.2, 0.25) is 0 Å². The van der Waals surface area contributed by atoms with E-state index in [4.69, 9.17) is 0 Å². The number of hydrogen-bond acceptors (Lipinski definition) is 5. The highest BCUT2D eigenvalue weighted by atomic mass is 32.1. The average Bonchev–Trinajstić information content (AvgIpc) is 2.71. The van der Waals surface area contributed by atoms with Crippen LogP contribution in [0.2, 0.25) is 0 Å². The summed E-state index contributed by atoms with van der Waals surface area (Å²) in [5, 5.41) is 2.52. The van der Waals surface area contributed by atoms with Crippen molar-refractivity contribution in [2.75, 3.05) is 13.6 Å². The Hall–Kier alpha value is -0.760. The van der Waals surface area contributed by atoms with Crippen LogP contribution in [-0.2, 0) is 14.3 Å². The van der Waals surface area contributed by atoms with Gasteiger partial charge in [0.15, 0.2) is 0 Å². The maximum Gasteiger partial charge on any atom is 0.491 e. The van der Waals surface area contributed by atoms with Crippen LogP contribution in [-0.4, -0.2) is 37.0 Å². The first-order chi connectivity index (χ1) is 9.24. The highest BCUT2D eigenvalue weighted by Crippen LogP contribution is 2.46. The molecule has 0 radical (unpaired) electrons. The van der Waals surface area contributed by atoms with Crippen LogP contribution in [0.1, 0.15) is 32.1 Å². The Kier molecular flexibility index (Phi) is 5.88. The minimum absolute atomic E-state index is 0.353. The monoisotopic (exact) mass is 313 g/mol. The second kappa shape index (κ2) is 6.80. The van der Waals surface area contributed by atoms with Gasteiger partial charge in [-0.2, -0.15) is 25.8 Å². The lowest BCUT2D eigenvalue weighted by Crippen LogP contribution is -2.41. The lowest BCUT2D eigenvalue weighted by Gasteiger charge is -2.30. The summed E-state index contributed by atoms with van der Waals surface area (Å²) >= 11 is 4.30. The molecule has 1 fully saturated rings. The van der Waals surface area contributed by atoms with E-state index >= 15 is 0 Å². The van der Waals surface area contributed by atoms with Crippen molar-refractivity contribution in [2.45, 2.75) is 43.5 Å². The van der Waals surface area contributed by atoms with Crippen molar-refractivity contribution in [3.63, 3.8) is 0 Å². The first-order valence-electron chi connectivity index (χ1n) is 6.40. The normalized spacial score (nSPS) is 26.6. The van der Waals surface area contributed by atoms with Crippen molar-refractivity contribution >= 4 is 24.6 Å². The predicted molar refractivity (Wildman–Crippen MR) is 69.4 cm³/mol. The lowest BCUT2D eigenvalue weighted by molar-refractivity contribution is -0.205. The Labute approximate surface area is 120 Å². The van der Waals surface area contributed by atoms with Gasteiger partial charge in [-0.05, 0) is 39.3 Å². The maximum atomic E-state index is 12.2. The van der Waals surface area contributed by atoms with Crippen molar-refractivity contribution < 1.29 is 27.5 Å². The zero-order chi connectivity index (χ0) is 15.4. The van der Waals surface area contributed by atoms with Gasteiger partial charge in [-0.15, -0.1) is 0 Å². The third-order valence-corrected chi connectivity index (χ3v) is 4.36. The largest absolute Gasteiger partial charge is 0.491 e. The molecule has 1 saturated carbocycles. The van der Waals surface area contributed by atoms with Crippen molar-refractivity contribution in [3.05, 3.63) is 0 Å². The third kappa shape index (κ3) is 3.88. The standard InChI is InChI=1S/C12H18F3NO3S/c1-16-7-3-6-11(5-2-4-8(11)20)9(17)19-10(18)12(13,14)15/h8,16,20H,2-7H2,1H3. The van der Waals surface area contributed by atoms with Gasteiger partial charge in [0, 0.05) is 5.25 Å². The molecule has 1 aliphatic rings. The summed E-state index contributed by atoms with van der Waals surface area (Å²) in [6.45, 7) is 0.628. The summed E-state index contributed by atoms with van der Waals surface area (Å²) in [7, 11) is 1.74. The van der Waals surface area contributed by atoms with E-state index in [1.165, 1.54) is 0 Å². The van der Waals surface area contributed by atoms with E-state index in [2.05, 4.69) is 22.7 Å². The number of halogens is 3. The molecule has 8 heteroatoms. The molecule has 0 aromatic heterocycles. The van der Waals surface area contributed by atoms with E-state index in [9.17, 15) is 22.8 Å². The van der Waals surface area contributed by atoms with Crippen LogP contribution in [0.25, 0.3) is 0 Å². The smallest absolute Gasteiger partial charge is 0.386 e. The zero-order valence-electron chi connectivity index (χ0n) is 11.1. The van der Waals surface area contributed by atoms with Crippen LogP contribution in [0, 0.1) is 5.41 Å². The van der Waals surface area contributed by atoms with E-state index in [-0.39, 0.29) is 5.25 Å². The highest BCUT2D eigenvalue weighted by molar-refractivity contribution is 7.81. The SMILES string of the molecule is CNCCCC1(C(=O)OC(=O)C(F)(F)F)CCCC1S. The third-order valence-electron chi connectivity index (χ3n) is 3.61. The van der Waals surface area contributed by atoms with E-state index < -0.39 is 23.5 Å². The Bertz CT molecular complexity index is 375. The Balaban J connectivity index is 2.78. The van der Waals surface area contributed by atoms with Crippen LogP contribution < -0.4 is 5.32 Å². The van der Waals surface area contributed by atoms with Crippen LogP contribution in [0.15, 0.2) is 0 Å². The van der Waals surface area contributed by atoms with Gasteiger partial charge in [-0.1, -0.05) is 6.42 Å². The van der Waals surface area contributed by atoms with Gasteiger partial charge < -0.3 is 10.1 Å². The van der Waals surface area contributed by atoms with Gasteiger partial charge in [0.1, 0.15) is 0 Å². The van der Waals surface area contributed by atoms with E-state index in [1.54, 1.807) is 7.05 Å². The number of esters is 2. The summed E-state index contributed by atoms with van der Waals surface area (Å²) in [5.74, 6) is -3.56. The quantitative estimate of drug-likeness (QED) is 0.353. The predicted octanol–water partition coefficient (Wildman–Crippen LogP) is 2.09. The topological polar surface area (TPSA) is 55.4 Å². The molecule has 0 heterocycles. The van der Waals surface area contributed by atoms with Gasteiger partial charge in [0.05, 0.1) is 5.41 Å². The number of rotatable bonds is 5. The molecular formula is C12H18F3NO3S. The number of carbonyl (C=O) groups is 2. The molecule has 0 aliphatic heterocycles. The number of thiol groups is 1. The fraction of sp³-hybridized carbons (Fsp3) is 0.833. The molecule has 20 heavy (non-hydrogen) atoms. The molecule has 0 spiro atoms. The average molecular weight is 313 g/mol. The molecule has 0 bridgehead atoms. The van der Waals surface area contributed by atoms with E-state index in [0.29, 0.717) is 38.6 Å². The maximum absolute atomic E-state index is 12.2. The first kappa shape index (κ1) is 17.3. The highest BCUT2D eigenvalue weighted by Gasteiger charge is 2.51. The molecule has 1 N–H and O–H groups in total. The fourth-order valence-electron chi connectivity index (χ4n) is 2.51. The van der Waals surface area contributed by atoms with Crippen molar-refractivity contribution in [1.82, 2.24) is 5.32 Å². The molecule has 0 amide bonds. The molecule has 2 unspecified atom stereocenters. The summed E-state index contributed by atoms with van der Waals surface area (Å²) < 4.78 is 40.5. The molecule has 0 saturated heterocycles. The summed E-state index contributed by atoms with van der Waals surface area (Å²) in [6, 6.07) is 0.